The molecule has 1 aromatic carbocycles. The number of carbonyl (C=O) groups is 1. The summed E-state index contributed by atoms with van der Waals surface area (Å²) in [6.07, 6.45) is 3.02. The number of hydrogen-bond donors (Lipinski definition) is 3. The van der Waals surface area contributed by atoms with Crippen molar-refractivity contribution in [3.8, 4) is 0 Å². The molecule has 0 bridgehead atoms. The molecule has 0 saturated carbocycles. The zero-order chi connectivity index (χ0) is 27.7. The Labute approximate surface area is 225 Å². The van der Waals surface area contributed by atoms with Gasteiger partial charge in [-0.05, 0) is 76.8 Å². The predicted molar refractivity (Wildman–Crippen MR) is 142 cm³/mol. The van der Waals surface area contributed by atoms with Crippen LogP contribution in [0.25, 0.3) is 5.65 Å². The summed E-state index contributed by atoms with van der Waals surface area (Å²) in [5.74, 6) is 0.202. The molecule has 2 aliphatic heterocycles. The van der Waals surface area contributed by atoms with Gasteiger partial charge in [-0.25, -0.2) is 18.6 Å². The van der Waals surface area contributed by atoms with Crippen LogP contribution in [0, 0.1) is 11.6 Å². The van der Waals surface area contributed by atoms with E-state index in [0.29, 0.717) is 61.7 Å². The molecule has 12 heteroatoms. The Bertz CT molecular complexity index is 1320. The zero-order valence-electron chi connectivity index (χ0n) is 22.4. The van der Waals surface area contributed by atoms with E-state index in [-0.39, 0.29) is 12.1 Å². The number of anilines is 2. The molecule has 2 aromatic heterocycles. The van der Waals surface area contributed by atoms with Crippen LogP contribution in [0.15, 0.2) is 36.5 Å². The molecule has 0 spiro atoms. The van der Waals surface area contributed by atoms with E-state index < -0.39 is 29.7 Å². The summed E-state index contributed by atoms with van der Waals surface area (Å²) < 4.78 is 35.4. The molecule has 0 radical (unpaired) electrons. The van der Waals surface area contributed by atoms with Crippen LogP contribution in [0.3, 0.4) is 0 Å². The van der Waals surface area contributed by atoms with Gasteiger partial charge in [-0.15, -0.1) is 5.10 Å². The molecule has 39 heavy (non-hydrogen) atoms. The van der Waals surface area contributed by atoms with Crippen LogP contribution in [-0.4, -0.2) is 68.3 Å². The minimum absolute atomic E-state index is 0.0281. The number of hydrogen-bond acceptors (Lipinski definition) is 8. The van der Waals surface area contributed by atoms with Crippen LogP contribution in [0.4, 0.5) is 25.2 Å². The molecule has 1 unspecified atom stereocenters. The van der Waals surface area contributed by atoms with Crippen molar-refractivity contribution in [2.45, 2.75) is 70.5 Å². The fourth-order valence-corrected chi connectivity index (χ4v) is 5.24. The van der Waals surface area contributed by atoms with Crippen molar-refractivity contribution < 1.29 is 23.4 Å². The summed E-state index contributed by atoms with van der Waals surface area (Å²) in [4.78, 5) is 20.3. The van der Waals surface area contributed by atoms with Crippen molar-refractivity contribution in [1.82, 2.24) is 24.8 Å². The maximum atomic E-state index is 14.6. The molecular formula is C27H35F2N7O3. The van der Waals surface area contributed by atoms with E-state index in [1.165, 1.54) is 6.07 Å². The number of benzene rings is 1. The van der Waals surface area contributed by atoms with Crippen LogP contribution in [-0.2, 0) is 4.74 Å². The number of aromatic nitrogens is 3. The number of halogens is 2. The van der Waals surface area contributed by atoms with Gasteiger partial charge >= 0.3 is 6.09 Å². The van der Waals surface area contributed by atoms with Crippen molar-refractivity contribution in [3.63, 3.8) is 0 Å². The first-order valence-electron chi connectivity index (χ1n) is 13.3. The van der Waals surface area contributed by atoms with Crippen molar-refractivity contribution in [3.05, 3.63) is 53.7 Å². The van der Waals surface area contributed by atoms with Crippen molar-refractivity contribution in [2.75, 3.05) is 29.9 Å². The Hall–Kier alpha value is -3.51. The number of carbonyl (C=O) groups excluding carboxylic acids is 1. The molecule has 2 aliphatic rings. The Kier molecular flexibility index (Phi) is 7.59. The average molecular weight is 544 g/mol. The highest BCUT2D eigenvalue weighted by Gasteiger charge is 2.31. The minimum atomic E-state index is -0.987. The molecule has 2 fully saturated rings. The van der Waals surface area contributed by atoms with Crippen molar-refractivity contribution >= 4 is 23.4 Å². The van der Waals surface area contributed by atoms with Crippen LogP contribution in [0.5, 0.6) is 0 Å². The van der Waals surface area contributed by atoms with E-state index in [1.807, 2.05) is 42.7 Å². The lowest BCUT2D eigenvalue weighted by molar-refractivity contribution is 0.00510. The van der Waals surface area contributed by atoms with Gasteiger partial charge in [0.1, 0.15) is 23.1 Å². The second kappa shape index (κ2) is 10.9. The van der Waals surface area contributed by atoms with E-state index in [9.17, 15) is 18.7 Å². The fourth-order valence-electron chi connectivity index (χ4n) is 5.24. The maximum absolute atomic E-state index is 14.6. The minimum Gasteiger partial charge on any atom is -0.444 e. The number of aliphatic hydroxyl groups is 1. The second-order valence-electron chi connectivity index (χ2n) is 11.1. The molecule has 3 N–H and O–H groups in total. The van der Waals surface area contributed by atoms with Crippen LogP contribution < -0.4 is 15.5 Å². The first-order valence-corrected chi connectivity index (χ1v) is 13.3. The van der Waals surface area contributed by atoms with Crippen LogP contribution in [0.2, 0.25) is 0 Å². The van der Waals surface area contributed by atoms with Gasteiger partial charge in [0, 0.05) is 31.2 Å². The Morgan fingerprint density at radius 3 is 2.64 bits per heavy atom. The predicted octanol–water partition coefficient (Wildman–Crippen LogP) is 4.03. The average Bonchev–Trinajstić information content (AvgIpc) is 3.52. The normalized spacial score (nSPS) is 19.8. The highest BCUT2D eigenvalue weighted by atomic mass is 19.1. The van der Waals surface area contributed by atoms with Crippen LogP contribution >= 0.6 is 0 Å². The molecule has 1 amide bonds. The lowest BCUT2D eigenvalue weighted by Gasteiger charge is -2.35. The molecular weight excluding hydrogens is 508 g/mol. The summed E-state index contributed by atoms with van der Waals surface area (Å²) in [6.45, 7) is 7.26. The number of likely N-dealkylation sites (tertiary alicyclic amines) is 1. The quantitative estimate of drug-likeness (QED) is 0.400. The lowest BCUT2D eigenvalue weighted by atomic mass is 10.0. The van der Waals surface area contributed by atoms with Gasteiger partial charge in [0.2, 0.25) is 0 Å². The van der Waals surface area contributed by atoms with Gasteiger partial charge < -0.3 is 25.4 Å². The van der Waals surface area contributed by atoms with E-state index in [4.69, 9.17) is 9.84 Å². The van der Waals surface area contributed by atoms with E-state index in [2.05, 4.69) is 15.6 Å². The van der Waals surface area contributed by atoms with Gasteiger partial charge in [-0.1, -0.05) is 0 Å². The zero-order valence-corrected chi connectivity index (χ0v) is 22.4. The topological polar surface area (TPSA) is 107 Å². The number of rotatable bonds is 6. The number of nitrogens with zero attached hydrogens (tertiary/aromatic N) is 5. The van der Waals surface area contributed by atoms with Gasteiger partial charge in [0.05, 0.1) is 12.2 Å². The summed E-state index contributed by atoms with van der Waals surface area (Å²) >= 11 is 0. The monoisotopic (exact) mass is 543 g/mol. The van der Waals surface area contributed by atoms with Crippen molar-refractivity contribution in [2.24, 2.45) is 0 Å². The van der Waals surface area contributed by atoms with Crippen molar-refractivity contribution in [1.29, 1.82) is 0 Å². The maximum Gasteiger partial charge on any atom is 0.407 e. The third kappa shape index (κ3) is 6.22. The van der Waals surface area contributed by atoms with Gasteiger partial charge in [-0.3, -0.25) is 4.90 Å². The van der Waals surface area contributed by atoms with Gasteiger partial charge in [0.15, 0.2) is 17.8 Å². The molecule has 210 valence electrons. The number of nitrogens with one attached hydrogen (secondary N) is 2. The highest BCUT2D eigenvalue weighted by Crippen LogP contribution is 2.36. The number of aliphatic hydroxyl groups excluding tert-OH is 1. The van der Waals surface area contributed by atoms with Gasteiger partial charge in [-0.2, -0.15) is 4.52 Å². The number of fused-ring (bicyclic) bond motifs is 1. The summed E-state index contributed by atoms with van der Waals surface area (Å²) in [7, 11) is 0. The third-order valence-electron chi connectivity index (χ3n) is 7.09. The molecule has 2 atom stereocenters. The smallest absolute Gasteiger partial charge is 0.407 e. The Balaban J connectivity index is 1.24. The Morgan fingerprint density at radius 1 is 1.13 bits per heavy atom. The standard InChI is InChI=1S/C27H35F2N7O3/c1-27(2,3)39-26(38)31-18-10-13-34(14-11-18)25(37)32-24-16-30-22-8-9-23(33-36(22)24)35-12-4-5-21(35)19-15-17(28)6-7-20(19)29/h6-9,15-16,18,21,25,32,37H,4-5,10-14H2,1-3H3,(H,31,38)/t21-,25?/m1/s1. The summed E-state index contributed by atoms with van der Waals surface area (Å²) in [5.41, 5.74) is 0.345. The molecule has 4 heterocycles. The van der Waals surface area contributed by atoms with E-state index in [1.54, 1.807) is 10.7 Å². The van der Waals surface area contributed by atoms with Crippen LogP contribution in [0.1, 0.15) is 58.1 Å². The number of ether oxygens (including phenoxy) is 1. The number of imidazole rings is 1. The van der Waals surface area contributed by atoms with E-state index >= 15 is 0 Å². The fraction of sp³-hybridized carbons (Fsp3) is 0.519. The Morgan fingerprint density at radius 2 is 1.90 bits per heavy atom. The third-order valence-corrected chi connectivity index (χ3v) is 7.09. The summed E-state index contributed by atoms with van der Waals surface area (Å²) in [6, 6.07) is 6.81. The molecule has 2 saturated heterocycles. The number of alkyl carbamates (subject to hydrolysis) is 1. The first kappa shape index (κ1) is 27.1. The molecule has 3 aromatic rings. The summed E-state index contributed by atoms with van der Waals surface area (Å²) in [5, 5.41) is 21.6. The van der Waals surface area contributed by atoms with E-state index in [0.717, 1.165) is 18.6 Å². The van der Waals surface area contributed by atoms with Gasteiger partial charge in [0.25, 0.3) is 0 Å². The SMILES string of the molecule is CC(C)(C)OC(=O)NC1CCN(C(O)Nc2cnc3ccc(N4CCC[C@@H]4c4cc(F)ccc4F)nn23)CC1. The number of amides is 1. The lowest BCUT2D eigenvalue weighted by Crippen LogP contribution is -2.50. The largest absolute Gasteiger partial charge is 0.444 e. The second-order valence-corrected chi connectivity index (χ2v) is 11.1. The highest BCUT2D eigenvalue weighted by molar-refractivity contribution is 5.68. The molecule has 5 rings (SSSR count). The first-order chi connectivity index (χ1) is 18.6. The molecule has 0 aliphatic carbocycles. The number of piperidine rings is 1. The molecule has 10 nitrogen and oxygen atoms in total.